The molecule has 7 nitrogen and oxygen atoms in total. The number of pyridine rings is 1. The van der Waals surface area contributed by atoms with Crippen LogP contribution in [0, 0.1) is 0 Å². The summed E-state index contributed by atoms with van der Waals surface area (Å²) in [5.74, 6) is -0.438. The molecule has 1 aliphatic rings. The van der Waals surface area contributed by atoms with Crippen molar-refractivity contribution in [1.82, 2.24) is 15.2 Å². The average Bonchev–Trinajstić information content (AvgIpc) is 2.95. The molecule has 2 heterocycles. The number of aromatic nitrogens is 1. The lowest BCUT2D eigenvalue weighted by Gasteiger charge is -2.12. The Hall–Kier alpha value is -3.22. The molecule has 3 amide bonds. The van der Waals surface area contributed by atoms with E-state index >= 15 is 0 Å². The highest BCUT2D eigenvalue weighted by Crippen LogP contribution is 2.24. The summed E-state index contributed by atoms with van der Waals surface area (Å²) in [5, 5.41) is 2.82. The standard InChI is InChI=1S/C21H23N3O4/c1-3-5-10-24-20(26)16-7-6-15(12-17(16)21(24)27)19(25)23-13-14-8-9-22-18(11-14)28-4-2/h6-9,11-12H,3-5,10,13H2,1-2H3,(H,23,25). The molecule has 0 saturated carbocycles. The van der Waals surface area contributed by atoms with Gasteiger partial charge in [-0.15, -0.1) is 0 Å². The third kappa shape index (κ3) is 4.03. The molecule has 0 saturated heterocycles. The van der Waals surface area contributed by atoms with Crippen LogP contribution in [-0.4, -0.2) is 40.8 Å². The molecule has 1 N–H and O–H groups in total. The Morgan fingerprint density at radius 3 is 2.64 bits per heavy atom. The smallest absolute Gasteiger partial charge is 0.261 e. The summed E-state index contributed by atoms with van der Waals surface area (Å²) in [5.41, 5.74) is 1.84. The summed E-state index contributed by atoms with van der Waals surface area (Å²) in [4.78, 5) is 42.7. The van der Waals surface area contributed by atoms with Crippen molar-refractivity contribution in [2.75, 3.05) is 13.2 Å². The van der Waals surface area contributed by atoms with E-state index in [9.17, 15) is 14.4 Å². The fourth-order valence-electron chi connectivity index (χ4n) is 3.02. The number of ether oxygens (including phenoxy) is 1. The van der Waals surface area contributed by atoms with Gasteiger partial charge in [0.1, 0.15) is 0 Å². The Bertz CT molecular complexity index is 910. The van der Waals surface area contributed by atoms with Crippen LogP contribution >= 0.6 is 0 Å². The van der Waals surface area contributed by atoms with Crippen molar-refractivity contribution in [1.29, 1.82) is 0 Å². The molecule has 1 aromatic heterocycles. The Labute approximate surface area is 163 Å². The van der Waals surface area contributed by atoms with E-state index in [0.717, 1.165) is 18.4 Å². The summed E-state index contributed by atoms with van der Waals surface area (Å²) >= 11 is 0. The summed E-state index contributed by atoms with van der Waals surface area (Å²) < 4.78 is 5.35. The Kier molecular flexibility index (Phi) is 6.03. The number of carbonyl (C=O) groups is 3. The van der Waals surface area contributed by atoms with Gasteiger partial charge in [0.15, 0.2) is 0 Å². The summed E-state index contributed by atoms with van der Waals surface area (Å²) in [6.07, 6.45) is 3.27. The molecule has 2 aromatic rings. The first kappa shape index (κ1) is 19.5. The van der Waals surface area contributed by atoms with Gasteiger partial charge in [0.05, 0.1) is 17.7 Å². The highest BCUT2D eigenvalue weighted by atomic mass is 16.5. The van der Waals surface area contributed by atoms with Gasteiger partial charge in [-0.1, -0.05) is 13.3 Å². The van der Waals surface area contributed by atoms with Gasteiger partial charge < -0.3 is 10.1 Å². The molecule has 0 fully saturated rings. The van der Waals surface area contributed by atoms with Gasteiger partial charge in [0.25, 0.3) is 17.7 Å². The summed E-state index contributed by atoms with van der Waals surface area (Å²) in [6.45, 7) is 5.09. The van der Waals surface area contributed by atoms with Crippen LogP contribution in [0.1, 0.15) is 63.3 Å². The highest BCUT2D eigenvalue weighted by molar-refractivity contribution is 6.22. The molecule has 0 aliphatic carbocycles. The molecular weight excluding hydrogens is 358 g/mol. The third-order valence-electron chi connectivity index (χ3n) is 4.51. The zero-order chi connectivity index (χ0) is 20.1. The molecular formula is C21H23N3O4. The van der Waals surface area contributed by atoms with Crippen molar-refractivity contribution >= 4 is 17.7 Å². The molecule has 0 atom stereocenters. The number of nitrogens with one attached hydrogen (secondary N) is 1. The van der Waals surface area contributed by atoms with E-state index in [0.29, 0.717) is 36.7 Å². The molecule has 0 spiro atoms. The molecule has 0 radical (unpaired) electrons. The van der Waals surface area contributed by atoms with E-state index in [1.54, 1.807) is 30.5 Å². The molecule has 0 bridgehead atoms. The number of fused-ring (bicyclic) bond motifs is 1. The molecule has 7 heteroatoms. The zero-order valence-corrected chi connectivity index (χ0v) is 16.0. The fraction of sp³-hybridized carbons (Fsp3) is 0.333. The van der Waals surface area contributed by atoms with Gasteiger partial charge in [0, 0.05) is 30.9 Å². The van der Waals surface area contributed by atoms with E-state index in [-0.39, 0.29) is 23.3 Å². The highest BCUT2D eigenvalue weighted by Gasteiger charge is 2.35. The Balaban J connectivity index is 1.70. The van der Waals surface area contributed by atoms with Crippen molar-refractivity contribution in [3.63, 3.8) is 0 Å². The third-order valence-corrected chi connectivity index (χ3v) is 4.51. The average molecular weight is 381 g/mol. The number of carbonyl (C=O) groups excluding carboxylic acids is 3. The maximum Gasteiger partial charge on any atom is 0.261 e. The molecule has 1 aliphatic heterocycles. The fourth-order valence-corrected chi connectivity index (χ4v) is 3.02. The number of rotatable bonds is 8. The number of hydrogen-bond acceptors (Lipinski definition) is 5. The van der Waals surface area contributed by atoms with Crippen molar-refractivity contribution in [2.24, 2.45) is 0 Å². The SMILES string of the molecule is CCCCN1C(=O)c2ccc(C(=O)NCc3ccnc(OCC)c3)cc2C1=O. The van der Waals surface area contributed by atoms with E-state index in [4.69, 9.17) is 4.74 Å². The number of nitrogens with zero attached hydrogens (tertiary/aromatic N) is 2. The predicted octanol–water partition coefficient (Wildman–Crippen LogP) is 2.81. The number of benzene rings is 1. The molecule has 0 unspecified atom stereocenters. The number of unbranched alkanes of at least 4 members (excludes halogenated alkanes) is 1. The largest absolute Gasteiger partial charge is 0.478 e. The van der Waals surface area contributed by atoms with E-state index in [2.05, 4.69) is 10.3 Å². The minimum atomic E-state index is -0.335. The normalized spacial score (nSPS) is 12.9. The van der Waals surface area contributed by atoms with Crippen LogP contribution in [-0.2, 0) is 6.54 Å². The van der Waals surface area contributed by atoms with Gasteiger partial charge in [-0.25, -0.2) is 4.98 Å². The summed E-state index contributed by atoms with van der Waals surface area (Å²) in [7, 11) is 0. The molecule has 146 valence electrons. The van der Waals surface area contributed by atoms with Crippen molar-refractivity contribution in [2.45, 2.75) is 33.2 Å². The van der Waals surface area contributed by atoms with Crippen LogP contribution < -0.4 is 10.1 Å². The number of hydrogen-bond donors (Lipinski definition) is 1. The molecule has 3 rings (SSSR count). The first-order valence-electron chi connectivity index (χ1n) is 9.41. The van der Waals surface area contributed by atoms with Gasteiger partial charge >= 0.3 is 0 Å². The lowest BCUT2D eigenvalue weighted by atomic mass is 10.1. The maximum absolute atomic E-state index is 12.5. The van der Waals surface area contributed by atoms with Crippen LogP contribution in [0.25, 0.3) is 0 Å². The van der Waals surface area contributed by atoms with Gasteiger partial charge in [-0.3, -0.25) is 19.3 Å². The summed E-state index contributed by atoms with van der Waals surface area (Å²) in [6, 6.07) is 8.17. The van der Waals surface area contributed by atoms with Crippen LogP contribution in [0.4, 0.5) is 0 Å². The lowest BCUT2D eigenvalue weighted by Crippen LogP contribution is -2.30. The quantitative estimate of drug-likeness (QED) is 0.711. The number of imide groups is 1. The van der Waals surface area contributed by atoms with Gasteiger partial charge in [0.2, 0.25) is 5.88 Å². The molecule has 1 aromatic carbocycles. The first-order chi connectivity index (χ1) is 13.5. The van der Waals surface area contributed by atoms with Crippen LogP contribution in [0.3, 0.4) is 0 Å². The predicted molar refractivity (Wildman–Crippen MR) is 103 cm³/mol. The first-order valence-corrected chi connectivity index (χ1v) is 9.41. The number of amides is 3. The van der Waals surface area contributed by atoms with Crippen LogP contribution in [0.15, 0.2) is 36.5 Å². The lowest BCUT2D eigenvalue weighted by molar-refractivity contribution is 0.0652. The topological polar surface area (TPSA) is 88.6 Å². The minimum Gasteiger partial charge on any atom is -0.478 e. The van der Waals surface area contributed by atoms with Crippen molar-refractivity contribution in [3.05, 3.63) is 58.8 Å². The maximum atomic E-state index is 12.5. The van der Waals surface area contributed by atoms with Crippen molar-refractivity contribution in [3.8, 4) is 5.88 Å². The van der Waals surface area contributed by atoms with E-state index < -0.39 is 0 Å². The Morgan fingerprint density at radius 1 is 1.11 bits per heavy atom. The monoisotopic (exact) mass is 381 g/mol. The second-order valence-corrected chi connectivity index (χ2v) is 6.49. The van der Waals surface area contributed by atoms with E-state index in [1.807, 2.05) is 13.8 Å². The van der Waals surface area contributed by atoms with Gasteiger partial charge in [-0.05, 0) is 43.2 Å². The van der Waals surface area contributed by atoms with Crippen molar-refractivity contribution < 1.29 is 19.1 Å². The Morgan fingerprint density at radius 2 is 1.89 bits per heavy atom. The minimum absolute atomic E-state index is 0.288. The second kappa shape index (κ2) is 8.65. The van der Waals surface area contributed by atoms with Crippen LogP contribution in [0.2, 0.25) is 0 Å². The van der Waals surface area contributed by atoms with Crippen LogP contribution in [0.5, 0.6) is 5.88 Å². The zero-order valence-electron chi connectivity index (χ0n) is 16.0. The van der Waals surface area contributed by atoms with E-state index in [1.165, 1.54) is 11.0 Å². The molecule has 28 heavy (non-hydrogen) atoms. The second-order valence-electron chi connectivity index (χ2n) is 6.49. The van der Waals surface area contributed by atoms with Gasteiger partial charge in [-0.2, -0.15) is 0 Å².